The van der Waals surface area contributed by atoms with Crippen LogP contribution in [0.15, 0.2) is 36.4 Å². The molecule has 2 fully saturated rings. The van der Waals surface area contributed by atoms with Gasteiger partial charge in [0.25, 0.3) is 6.47 Å². The highest BCUT2D eigenvalue weighted by Crippen LogP contribution is 2.21. The quantitative estimate of drug-likeness (QED) is 0.825. The van der Waals surface area contributed by atoms with Gasteiger partial charge in [-0.2, -0.15) is 0 Å². The van der Waals surface area contributed by atoms with Gasteiger partial charge in [0.05, 0.1) is 6.10 Å². The maximum absolute atomic E-state index is 9.36. The molecule has 0 radical (unpaired) electrons. The molecule has 2 aliphatic rings. The lowest BCUT2D eigenvalue weighted by molar-refractivity contribution is -0.122. The van der Waals surface area contributed by atoms with Crippen molar-refractivity contribution in [3.63, 3.8) is 0 Å². The zero-order chi connectivity index (χ0) is 16.5. The minimum atomic E-state index is -0.250. The lowest BCUT2D eigenvalue weighted by atomic mass is 9.98. The Labute approximate surface area is 137 Å². The Balaban J connectivity index is 0.000000595. The van der Waals surface area contributed by atoms with Crippen molar-refractivity contribution in [1.29, 1.82) is 0 Å². The highest BCUT2D eigenvalue weighted by Gasteiger charge is 2.32. The normalized spacial score (nSPS) is 20.7. The molecule has 5 heteroatoms. The standard InChI is InChI=1S/C17H24N2O.CH2O2/c20-17-13-19(14-17)16-8-11-18(12-9-16)10-4-7-15-5-2-1-3-6-15;2-1-3/h1-7,16-17,20H,8-14H2;1H,(H,2,3). The Morgan fingerprint density at radius 1 is 1.13 bits per heavy atom. The van der Waals surface area contributed by atoms with E-state index in [1.807, 2.05) is 0 Å². The van der Waals surface area contributed by atoms with Gasteiger partial charge in [0, 0.05) is 25.7 Å². The van der Waals surface area contributed by atoms with E-state index in [1.165, 1.54) is 31.5 Å². The molecule has 126 valence electrons. The van der Waals surface area contributed by atoms with Crippen molar-refractivity contribution >= 4 is 12.5 Å². The molecule has 1 aromatic carbocycles. The van der Waals surface area contributed by atoms with Crippen LogP contribution in [0.25, 0.3) is 6.08 Å². The van der Waals surface area contributed by atoms with Gasteiger partial charge in [0.2, 0.25) is 0 Å². The molecule has 0 amide bonds. The molecule has 2 N–H and O–H groups in total. The lowest BCUT2D eigenvalue weighted by Crippen LogP contribution is -2.57. The third-order valence-corrected chi connectivity index (χ3v) is 4.44. The molecule has 5 nitrogen and oxygen atoms in total. The van der Waals surface area contributed by atoms with Crippen LogP contribution in [0.1, 0.15) is 18.4 Å². The van der Waals surface area contributed by atoms with E-state index >= 15 is 0 Å². The number of carbonyl (C=O) groups is 1. The van der Waals surface area contributed by atoms with Gasteiger partial charge in [-0.25, -0.2) is 0 Å². The summed E-state index contributed by atoms with van der Waals surface area (Å²) < 4.78 is 0. The van der Waals surface area contributed by atoms with E-state index in [2.05, 4.69) is 52.3 Å². The van der Waals surface area contributed by atoms with Crippen LogP contribution >= 0.6 is 0 Å². The van der Waals surface area contributed by atoms with E-state index in [1.54, 1.807) is 0 Å². The minimum Gasteiger partial charge on any atom is -0.483 e. The number of rotatable bonds is 4. The summed E-state index contributed by atoms with van der Waals surface area (Å²) in [6.45, 7) is 4.92. The Morgan fingerprint density at radius 3 is 2.30 bits per heavy atom. The number of piperidine rings is 1. The second-order valence-corrected chi connectivity index (χ2v) is 6.06. The van der Waals surface area contributed by atoms with Crippen molar-refractivity contribution in [2.24, 2.45) is 0 Å². The van der Waals surface area contributed by atoms with Crippen LogP contribution < -0.4 is 0 Å². The Hall–Kier alpha value is -1.69. The first-order chi connectivity index (χ1) is 11.2. The van der Waals surface area contributed by atoms with Crippen LogP contribution in [0.2, 0.25) is 0 Å². The molecule has 0 unspecified atom stereocenters. The number of likely N-dealkylation sites (tertiary alicyclic amines) is 2. The maximum Gasteiger partial charge on any atom is 0.290 e. The number of nitrogens with zero attached hydrogens (tertiary/aromatic N) is 2. The van der Waals surface area contributed by atoms with Crippen molar-refractivity contribution in [3.05, 3.63) is 42.0 Å². The average molecular weight is 318 g/mol. The number of benzene rings is 1. The molecular weight excluding hydrogens is 292 g/mol. The van der Waals surface area contributed by atoms with Gasteiger partial charge in [-0.1, -0.05) is 42.5 Å². The molecule has 1 aromatic rings. The van der Waals surface area contributed by atoms with Gasteiger partial charge in [0.1, 0.15) is 0 Å². The number of aliphatic hydroxyl groups is 1. The molecule has 3 rings (SSSR count). The molecule has 0 spiro atoms. The van der Waals surface area contributed by atoms with Crippen molar-refractivity contribution in [2.45, 2.75) is 25.0 Å². The van der Waals surface area contributed by atoms with Crippen LogP contribution in [0.5, 0.6) is 0 Å². The van der Waals surface area contributed by atoms with Gasteiger partial charge in [-0.15, -0.1) is 0 Å². The summed E-state index contributed by atoms with van der Waals surface area (Å²) >= 11 is 0. The highest BCUT2D eigenvalue weighted by molar-refractivity contribution is 5.48. The summed E-state index contributed by atoms with van der Waals surface area (Å²) in [6, 6.07) is 11.2. The van der Waals surface area contributed by atoms with Gasteiger partial charge in [-0.05, 0) is 31.5 Å². The topological polar surface area (TPSA) is 64.0 Å². The monoisotopic (exact) mass is 318 g/mol. The van der Waals surface area contributed by atoms with E-state index in [4.69, 9.17) is 9.90 Å². The summed E-state index contributed by atoms with van der Waals surface area (Å²) in [5.74, 6) is 0. The predicted octanol–water partition coefficient (Wildman–Crippen LogP) is 1.54. The number of hydrogen-bond acceptors (Lipinski definition) is 4. The smallest absolute Gasteiger partial charge is 0.290 e. The van der Waals surface area contributed by atoms with Gasteiger partial charge in [-0.3, -0.25) is 14.6 Å². The predicted molar refractivity (Wildman–Crippen MR) is 91.2 cm³/mol. The zero-order valence-electron chi connectivity index (χ0n) is 13.4. The van der Waals surface area contributed by atoms with E-state index in [0.29, 0.717) is 6.04 Å². The second kappa shape index (κ2) is 9.45. The SMILES string of the molecule is O=CO.OC1CN(C2CCN(CC=Cc3ccccc3)CC2)C1. The summed E-state index contributed by atoms with van der Waals surface area (Å²) in [6.07, 6.45) is 6.89. The Bertz CT molecular complexity index is 478. The molecular formula is C18H26N2O3. The van der Waals surface area contributed by atoms with Crippen LogP contribution in [0.4, 0.5) is 0 Å². The highest BCUT2D eigenvalue weighted by atomic mass is 16.3. The summed E-state index contributed by atoms with van der Waals surface area (Å²) in [5, 5.41) is 16.3. The van der Waals surface area contributed by atoms with Crippen molar-refractivity contribution in [1.82, 2.24) is 9.80 Å². The third-order valence-electron chi connectivity index (χ3n) is 4.44. The minimum absolute atomic E-state index is 0.0677. The number of β-amino-alcohol motifs (C(OH)–C–C–N with tert-alkyl or cyclic N) is 1. The van der Waals surface area contributed by atoms with E-state index < -0.39 is 0 Å². The fraction of sp³-hybridized carbons (Fsp3) is 0.500. The maximum atomic E-state index is 9.36. The van der Waals surface area contributed by atoms with Gasteiger partial charge in [0.15, 0.2) is 0 Å². The number of aliphatic hydroxyl groups excluding tert-OH is 1. The number of hydrogen-bond donors (Lipinski definition) is 2. The van der Waals surface area contributed by atoms with Crippen molar-refractivity contribution in [2.75, 3.05) is 32.7 Å². The molecule has 2 saturated heterocycles. The fourth-order valence-electron chi connectivity index (χ4n) is 3.16. The third kappa shape index (κ3) is 5.78. The van der Waals surface area contributed by atoms with Gasteiger partial charge >= 0.3 is 0 Å². The molecule has 2 aliphatic heterocycles. The fourth-order valence-corrected chi connectivity index (χ4v) is 3.16. The first-order valence-corrected chi connectivity index (χ1v) is 8.17. The first kappa shape index (κ1) is 17.7. The first-order valence-electron chi connectivity index (χ1n) is 8.17. The molecule has 23 heavy (non-hydrogen) atoms. The summed E-state index contributed by atoms with van der Waals surface area (Å²) in [7, 11) is 0. The molecule has 0 atom stereocenters. The number of carboxylic acid groups (broad SMARTS) is 1. The Kier molecular flexibility index (Phi) is 7.26. The second-order valence-electron chi connectivity index (χ2n) is 6.06. The van der Waals surface area contributed by atoms with Crippen LogP contribution in [-0.2, 0) is 4.79 Å². The molecule has 0 aliphatic carbocycles. The summed E-state index contributed by atoms with van der Waals surface area (Å²) in [5.41, 5.74) is 1.27. The van der Waals surface area contributed by atoms with Crippen LogP contribution in [-0.4, -0.2) is 71.4 Å². The summed E-state index contributed by atoms with van der Waals surface area (Å²) in [4.78, 5) is 13.3. The Morgan fingerprint density at radius 2 is 1.74 bits per heavy atom. The molecule has 2 heterocycles. The average Bonchev–Trinajstić information content (AvgIpc) is 2.55. The largest absolute Gasteiger partial charge is 0.483 e. The zero-order valence-corrected chi connectivity index (χ0v) is 13.4. The molecule has 0 bridgehead atoms. The van der Waals surface area contributed by atoms with E-state index in [-0.39, 0.29) is 12.6 Å². The molecule has 0 aromatic heterocycles. The molecule has 0 saturated carbocycles. The lowest BCUT2D eigenvalue weighted by Gasteiger charge is -2.45. The van der Waals surface area contributed by atoms with Gasteiger partial charge < -0.3 is 10.2 Å². The van der Waals surface area contributed by atoms with Crippen molar-refractivity contribution in [3.8, 4) is 0 Å². The van der Waals surface area contributed by atoms with E-state index in [0.717, 1.165) is 19.6 Å². The van der Waals surface area contributed by atoms with Crippen molar-refractivity contribution < 1.29 is 15.0 Å². The van der Waals surface area contributed by atoms with Crippen LogP contribution in [0.3, 0.4) is 0 Å². The van der Waals surface area contributed by atoms with E-state index in [9.17, 15) is 5.11 Å². The van der Waals surface area contributed by atoms with Crippen LogP contribution in [0, 0.1) is 0 Å².